The molecular weight excluding hydrogens is 356 g/mol. The highest BCUT2D eigenvalue weighted by Crippen LogP contribution is 2.28. The van der Waals surface area contributed by atoms with E-state index in [0.29, 0.717) is 0 Å². The molecule has 0 aliphatic rings. The molecule has 0 aliphatic heterocycles. The Labute approximate surface area is 162 Å². The highest BCUT2D eigenvalue weighted by atomic mass is 32.2. The average molecular weight is 376 g/mol. The van der Waals surface area contributed by atoms with E-state index < -0.39 is 0 Å². The van der Waals surface area contributed by atoms with Crippen LogP contribution in [0.3, 0.4) is 0 Å². The van der Waals surface area contributed by atoms with Crippen molar-refractivity contribution in [2.45, 2.75) is 18.5 Å². The Balaban J connectivity index is 1.64. The van der Waals surface area contributed by atoms with Crippen molar-refractivity contribution in [1.82, 2.24) is 24.5 Å². The number of pyridine rings is 1. The normalized spacial score (nSPS) is 11.1. The molecule has 4 rings (SSSR count). The summed E-state index contributed by atoms with van der Waals surface area (Å²) in [6.45, 7) is 2.15. The molecule has 0 bridgehead atoms. The van der Waals surface area contributed by atoms with Crippen LogP contribution in [0, 0.1) is 0 Å². The first-order chi connectivity index (χ1) is 13.2. The van der Waals surface area contributed by atoms with Crippen LogP contribution >= 0.6 is 11.8 Å². The summed E-state index contributed by atoms with van der Waals surface area (Å²) in [6, 6.07) is 8.38. The summed E-state index contributed by atoms with van der Waals surface area (Å²) in [7, 11) is 1.98. The zero-order valence-corrected chi connectivity index (χ0v) is 16.3. The molecule has 3 heterocycles. The maximum absolute atomic E-state index is 4.48. The third kappa shape index (κ3) is 3.50. The predicted octanol–water partition coefficient (Wildman–Crippen LogP) is 4.45. The van der Waals surface area contributed by atoms with Gasteiger partial charge in [0, 0.05) is 36.8 Å². The van der Waals surface area contributed by atoms with E-state index in [-0.39, 0.29) is 0 Å². The lowest BCUT2D eigenvalue weighted by molar-refractivity contribution is 0.947. The van der Waals surface area contributed by atoms with Crippen LogP contribution in [-0.2, 0) is 13.5 Å². The molecule has 0 amide bonds. The van der Waals surface area contributed by atoms with Gasteiger partial charge in [-0.1, -0.05) is 24.8 Å². The first kappa shape index (κ1) is 17.5. The van der Waals surface area contributed by atoms with Gasteiger partial charge in [0.1, 0.15) is 11.3 Å². The number of hydrogen-bond donors (Lipinski definition) is 1. The minimum Gasteiger partial charge on any atom is -0.340 e. The third-order valence-electron chi connectivity index (χ3n) is 4.50. The molecule has 1 N–H and O–H groups in total. The van der Waals surface area contributed by atoms with Crippen molar-refractivity contribution < 1.29 is 0 Å². The van der Waals surface area contributed by atoms with Gasteiger partial charge < -0.3 is 9.88 Å². The molecule has 0 saturated carbocycles. The summed E-state index contributed by atoms with van der Waals surface area (Å²) in [5.74, 6) is 0.807. The Morgan fingerprint density at radius 2 is 1.81 bits per heavy atom. The fourth-order valence-corrected chi connectivity index (χ4v) is 3.31. The molecule has 0 aliphatic carbocycles. The van der Waals surface area contributed by atoms with Gasteiger partial charge in [0.15, 0.2) is 5.16 Å². The monoisotopic (exact) mass is 376 g/mol. The number of nitrogens with zero attached hydrogens (tertiary/aromatic N) is 5. The summed E-state index contributed by atoms with van der Waals surface area (Å²) >= 11 is 1.54. The number of hydrogen-bond acceptors (Lipinski definition) is 6. The van der Waals surface area contributed by atoms with Crippen LogP contribution in [0.1, 0.15) is 12.5 Å². The van der Waals surface area contributed by atoms with E-state index in [0.717, 1.165) is 45.2 Å². The highest BCUT2D eigenvalue weighted by Gasteiger charge is 2.08. The number of aromatic nitrogens is 5. The van der Waals surface area contributed by atoms with Gasteiger partial charge in [-0.15, -0.1) is 0 Å². The van der Waals surface area contributed by atoms with Crippen molar-refractivity contribution in [3.8, 4) is 11.1 Å². The lowest BCUT2D eigenvalue weighted by Crippen LogP contribution is -1.98. The van der Waals surface area contributed by atoms with E-state index in [4.69, 9.17) is 0 Å². The minimum absolute atomic E-state index is 0.782. The van der Waals surface area contributed by atoms with Crippen LogP contribution in [0.4, 0.5) is 11.5 Å². The van der Waals surface area contributed by atoms with E-state index in [9.17, 15) is 0 Å². The fourth-order valence-electron chi connectivity index (χ4n) is 3.00. The first-order valence-electron chi connectivity index (χ1n) is 8.71. The zero-order valence-electron chi connectivity index (χ0n) is 15.5. The van der Waals surface area contributed by atoms with Gasteiger partial charge >= 0.3 is 0 Å². The smallest absolute Gasteiger partial charge is 0.187 e. The van der Waals surface area contributed by atoms with E-state index >= 15 is 0 Å². The Hall–Kier alpha value is -2.93. The van der Waals surface area contributed by atoms with E-state index in [1.807, 2.05) is 36.3 Å². The summed E-state index contributed by atoms with van der Waals surface area (Å²) in [4.78, 5) is 17.5. The van der Waals surface area contributed by atoms with Gasteiger partial charge in [0.05, 0.1) is 18.0 Å². The summed E-state index contributed by atoms with van der Waals surface area (Å²) in [6.07, 6.45) is 10.2. The molecule has 0 radical (unpaired) electrons. The van der Waals surface area contributed by atoms with Crippen LogP contribution in [0.2, 0.25) is 0 Å². The number of nitrogens with one attached hydrogen (secondary N) is 1. The second-order valence-corrected chi connectivity index (χ2v) is 7.00. The Morgan fingerprint density at radius 1 is 1.00 bits per heavy atom. The Bertz CT molecular complexity index is 1090. The number of imidazole rings is 1. The predicted molar refractivity (Wildman–Crippen MR) is 110 cm³/mol. The lowest BCUT2D eigenvalue weighted by atomic mass is 10.0. The second-order valence-electron chi connectivity index (χ2n) is 6.22. The van der Waals surface area contributed by atoms with Gasteiger partial charge in [-0.05, 0) is 35.9 Å². The van der Waals surface area contributed by atoms with E-state index in [1.54, 1.807) is 24.3 Å². The maximum Gasteiger partial charge on any atom is 0.187 e. The summed E-state index contributed by atoms with van der Waals surface area (Å²) in [5, 5.41) is 4.22. The van der Waals surface area contributed by atoms with Gasteiger partial charge in [-0.3, -0.25) is 0 Å². The maximum atomic E-state index is 4.48. The van der Waals surface area contributed by atoms with Gasteiger partial charge in [0.2, 0.25) is 0 Å². The van der Waals surface area contributed by atoms with Crippen molar-refractivity contribution in [3.63, 3.8) is 0 Å². The second kappa shape index (κ2) is 7.36. The largest absolute Gasteiger partial charge is 0.340 e. The molecule has 0 saturated heterocycles. The van der Waals surface area contributed by atoms with Gasteiger partial charge in [-0.2, -0.15) is 0 Å². The number of benzene rings is 1. The molecule has 27 heavy (non-hydrogen) atoms. The number of aryl methyl sites for hydroxylation is 2. The number of anilines is 2. The summed E-state index contributed by atoms with van der Waals surface area (Å²) < 4.78 is 1.99. The fraction of sp³-hybridized carbons (Fsp3) is 0.200. The van der Waals surface area contributed by atoms with Crippen LogP contribution in [0.5, 0.6) is 0 Å². The average Bonchev–Trinajstić information content (AvgIpc) is 3.09. The van der Waals surface area contributed by atoms with Crippen LogP contribution in [-0.4, -0.2) is 30.8 Å². The van der Waals surface area contributed by atoms with E-state index in [1.165, 1.54) is 5.56 Å². The quantitative estimate of drug-likeness (QED) is 0.410. The summed E-state index contributed by atoms with van der Waals surface area (Å²) in [5.41, 5.74) is 6.34. The number of rotatable bonds is 5. The molecule has 7 heteroatoms. The standard InChI is InChI=1S/C20H20N6S/c1-4-13-7-14(15-9-22-20(27-3)23-10-15)5-6-16(13)25-19-8-18-17(11-21-19)24-12-26(18)2/h5-12H,4H2,1-3H3,(H,21,25). The molecule has 4 aromatic rings. The van der Waals surface area contributed by atoms with E-state index in [2.05, 4.69) is 50.4 Å². The lowest BCUT2D eigenvalue weighted by Gasteiger charge is -2.13. The van der Waals surface area contributed by atoms with Crippen LogP contribution < -0.4 is 5.32 Å². The van der Waals surface area contributed by atoms with Crippen molar-refractivity contribution >= 4 is 34.3 Å². The molecule has 0 atom stereocenters. The topological polar surface area (TPSA) is 68.5 Å². The molecule has 3 aromatic heterocycles. The van der Waals surface area contributed by atoms with Gasteiger partial charge in [0.25, 0.3) is 0 Å². The van der Waals surface area contributed by atoms with Crippen molar-refractivity contribution in [2.24, 2.45) is 7.05 Å². The van der Waals surface area contributed by atoms with Crippen LogP contribution in [0.25, 0.3) is 22.2 Å². The molecular formula is C20H20N6S. The first-order valence-corrected chi connectivity index (χ1v) is 9.94. The Kier molecular flexibility index (Phi) is 4.77. The third-order valence-corrected chi connectivity index (χ3v) is 5.08. The number of fused-ring (bicyclic) bond motifs is 1. The SMILES string of the molecule is CCc1cc(-c2cnc(SC)nc2)ccc1Nc1cc2c(cn1)ncn2C. The molecule has 0 fully saturated rings. The molecule has 6 nitrogen and oxygen atoms in total. The van der Waals surface area contributed by atoms with Crippen LogP contribution in [0.15, 0.2) is 54.3 Å². The molecule has 1 aromatic carbocycles. The number of thioether (sulfide) groups is 1. The Morgan fingerprint density at radius 3 is 2.56 bits per heavy atom. The zero-order chi connectivity index (χ0) is 18.8. The van der Waals surface area contributed by atoms with Crippen molar-refractivity contribution in [1.29, 1.82) is 0 Å². The highest BCUT2D eigenvalue weighted by molar-refractivity contribution is 7.98. The molecule has 0 unspecified atom stereocenters. The molecule has 136 valence electrons. The van der Waals surface area contributed by atoms with Crippen molar-refractivity contribution in [2.75, 3.05) is 11.6 Å². The van der Waals surface area contributed by atoms with Crippen molar-refractivity contribution in [3.05, 3.63) is 54.7 Å². The van der Waals surface area contributed by atoms with Gasteiger partial charge in [-0.25, -0.2) is 19.9 Å². The molecule has 0 spiro atoms. The minimum atomic E-state index is 0.782.